The molecule has 0 saturated heterocycles. The minimum atomic E-state index is -0.369. The standard InChI is InChI=1S/C20H24FN5O2/c1-2-28-18-5-3-4-17(21)16(18)12-24-20-23-11-13(10-22)19(26-20)25-14-6-8-15(27)9-7-14/h3-5,11,14-15,27H,2,6-9,12H2,1H3,(H2,23,24,25,26)/t14-,15+. The van der Waals surface area contributed by atoms with E-state index in [0.29, 0.717) is 35.2 Å². The summed E-state index contributed by atoms with van der Waals surface area (Å²) in [4.78, 5) is 8.54. The van der Waals surface area contributed by atoms with E-state index in [2.05, 4.69) is 26.7 Å². The van der Waals surface area contributed by atoms with Gasteiger partial charge in [0.15, 0.2) is 0 Å². The van der Waals surface area contributed by atoms with Crippen LogP contribution in [0.1, 0.15) is 43.7 Å². The fraction of sp³-hybridized carbons (Fsp3) is 0.450. The van der Waals surface area contributed by atoms with E-state index in [1.54, 1.807) is 12.1 Å². The summed E-state index contributed by atoms with van der Waals surface area (Å²) in [5.74, 6) is 0.844. The van der Waals surface area contributed by atoms with Crippen LogP contribution in [0.4, 0.5) is 16.2 Å². The number of aromatic nitrogens is 2. The molecule has 28 heavy (non-hydrogen) atoms. The SMILES string of the molecule is CCOc1cccc(F)c1CNc1ncc(C#N)c(N[C@H]2CC[C@@H](O)CC2)n1. The van der Waals surface area contributed by atoms with Gasteiger partial charge in [0.2, 0.25) is 5.95 Å². The number of hydrogen-bond acceptors (Lipinski definition) is 7. The fourth-order valence-electron chi connectivity index (χ4n) is 3.24. The van der Waals surface area contributed by atoms with Crippen molar-refractivity contribution in [2.24, 2.45) is 0 Å². The molecule has 1 fully saturated rings. The zero-order valence-electron chi connectivity index (χ0n) is 15.8. The molecule has 1 aromatic carbocycles. The number of ether oxygens (including phenoxy) is 1. The third-order valence-corrected chi connectivity index (χ3v) is 4.75. The first-order chi connectivity index (χ1) is 13.6. The number of aliphatic hydroxyl groups excluding tert-OH is 1. The number of aliphatic hydroxyl groups is 1. The number of nitrogens with zero attached hydrogens (tertiary/aromatic N) is 3. The van der Waals surface area contributed by atoms with E-state index in [4.69, 9.17) is 4.74 Å². The highest BCUT2D eigenvalue weighted by Gasteiger charge is 2.21. The molecule has 1 aliphatic rings. The molecule has 0 radical (unpaired) electrons. The molecule has 8 heteroatoms. The summed E-state index contributed by atoms with van der Waals surface area (Å²) < 4.78 is 19.7. The number of anilines is 2. The summed E-state index contributed by atoms with van der Waals surface area (Å²) in [6.07, 6.45) is 4.26. The zero-order valence-corrected chi connectivity index (χ0v) is 15.8. The van der Waals surface area contributed by atoms with Crippen molar-refractivity contribution in [3.63, 3.8) is 0 Å². The van der Waals surface area contributed by atoms with Gasteiger partial charge in [0.1, 0.15) is 29.0 Å². The molecule has 1 heterocycles. The second-order valence-corrected chi connectivity index (χ2v) is 6.72. The van der Waals surface area contributed by atoms with E-state index < -0.39 is 0 Å². The molecule has 2 aromatic rings. The van der Waals surface area contributed by atoms with Gasteiger partial charge in [0.25, 0.3) is 0 Å². The lowest BCUT2D eigenvalue weighted by molar-refractivity contribution is 0.126. The fourth-order valence-corrected chi connectivity index (χ4v) is 3.24. The van der Waals surface area contributed by atoms with E-state index in [1.165, 1.54) is 12.3 Å². The minimum Gasteiger partial charge on any atom is -0.493 e. The van der Waals surface area contributed by atoms with Crippen molar-refractivity contribution >= 4 is 11.8 Å². The normalized spacial score (nSPS) is 18.9. The maximum absolute atomic E-state index is 14.2. The van der Waals surface area contributed by atoms with Gasteiger partial charge in [0, 0.05) is 18.2 Å². The quantitative estimate of drug-likeness (QED) is 0.672. The molecule has 0 unspecified atom stereocenters. The molecular formula is C20H24FN5O2. The molecule has 0 aliphatic heterocycles. The second kappa shape index (κ2) is 9.33. The van der Waals surface area contributed by atoms with Gasteiger partial charge in [-0.3, -0.25) is 0 Å². The molecule has 0 spiro atoms. The molecule has 1 aliphatic carbocycles. The topological polar surface area (TPSA) is 103 Å². The van der Waals surface area contributed by atoms with Gasteiger partial charge in [-0.05, 0) is 44.7 Å². The van der Waals surface area contributed by atoms with Gasteiger partial charge < -0.3 is 20.5 Å². The summed E-state index contributed by atoms with van der Waals surface area (Å²) in [7, 11) is 0. The van der Waals surface area contributed by atoms with Crippen molar-refractivity contribution in [3.8, 4) is 11.8 Å². The van der Waals surface area contributed by atoms with E-state index in [9.17, 15) is 14.8 Å². The number of rotatable bonds is 7. The van der Waals surface area contributed by atoms with E-state index in [1.807, 2.05) is 6.92 Å². The van der Waals surface area contributed by atoms with Crippen LogP contribution in [0.15, 0.2) is 24.4 Å². The average molecular weight is 385 g/mol. The first-order valence-corrected chi connectivity index (χ1v) is 9.46. The van der Waals surface area contributed by atoms with E-state index >= 15 is 0 Å². The smallest absolute Gasteiger partial charge is 0.224 e. The lowest BCUT2D eigenvalue weighted by atomic mass is 9.93. The highest BCUT2D eigenvalue weighted by atomic mass is 19.1. The van der Waals surface area contributed by atoms with Crippen LogP contribution in [0, 0.1) is 17.1 Å². The van der Waals surface area contributed by atoms with Crippen LogP contribution in [-0.2, 0) is 6.54 Å². The summed E-state index contributed by atoms with van der Waals surface area (Å²) in [6.45, 7) is 2.44. The van der Waals surface area contributed by atoms with E-state index in [0.717, 1.165) is 25.7 Å². The number of benzene rings is 1. The molecule has 7 nitrogen and oxygen atoms in total. The maximum atomic E-state index is 14.2. The highest BCUT2D eigenvalue weighted by molar-refractivity contribution is 5.54. The highest BCUT2D eigenvalue weighted by Crippen LogP contribution is 2.25. The van der Waals surface area contributed by atoms with Gasteiger partial charge >= 0.3 is 0 Å². The Bertz CT molecular complexity index is 847. The molecular weight excluding hydrogens is 361 g/mol. The predicted molar refractivity (Wildman–Crippen MR) is 104 cm³/mol. The Hall–Kier alpha value is -2.92. The lowest BCUT2D eigenvalue weighted by Gasteiger charge is -2.26. The van der Waals surface area contributed by atoms with Crippen molar-refractivity contribution in [1.29, 1.82) is 5.26 Å². The van der Waals surface area contributed by atoms with Crippen LogP contribution in [0.2, 0.25) is 0 Å². The van der Waals surface area contributed by atoms with Gasteiger partial charge in [-0.1, -0.05) is 6.07 Å². The van der Waals surface area contributed by atoms with Crippen LogP contribution in [0.5, 0.6) is 5.75 Å². The minimum absolute atomic E-state index is 0.148. The molecule has 1 saturated carbocycles. The van der Waals surface area contributed by atoms with Crippen LogP contribution in [0.3, 0.4) is 0 Å². The van der Waals surface area contributed by atoms with Crippen LogP contribution in [-0.4, -0.2) is 33.8 Å². The Morgan fingerprint density at radius 2 is 2.11 bits per heavy atom. The van der Waals surface area contributed by atoms with Crippen LogP contribution >= 0.6 is 0 Å². The Morgan fingerprint density at radius 3 is 2.82 bits per heavy atom. The first kappa shape index (κ1) is 19.8. The molecule has 3 rings (SSSR count). The Morgan fingerprint density at radius 1 is 1.32 bits per heavy atom. The van der Waals surface area contributed by atoms with Crippen molar-refractivity contribution in [3.05, 3.63) is 41.3 Å². The molecule has 148 valence electrons. The molecule has 0 bridgehead atoms. The lowest BCUT2D eigenvalue weighted by Crippen LogP contribution is -2.29. The monoisotopic (exact) mass is 385 g/mol. The first-order valence-electron chi connectivity index (χ1n) is 9.46. The zero-order chi connectivity index (χ0) is 19.9. The molecule has 1 aromatic heterocycles. The summed E-state index contributed by atoms with van der Waals surface area (Å²) in [5.41, 5.74) is 0.741. The van der Waals surface area contributed by atoms with Gasteiger partial charge in [-0.25, -0.2) is 9.37 Å². The van der Waals surface area contributed by atoms with Crippen LogP contribution < -0.4 is 15.4 Å². The van der Waals surface area contributed by atoms with Crippen molar-refractivity contribution < 1.29 is 14.2 Å². The molecule has 0 amide bonds. The third kappa shape index (κ3) is 4.87. The largest absolute Gasteiger partial charge is 0.493 e. The number of hydrogen-bond donors (Lipinski definition) is 3. The molecule has 3 N–H and O–H groups in total. The summed E-state index contributed by atoms with van der Waals surface area (Å²) >= 11 is 0. The Kier molecular flexibility index (Phi) is 6.61. The average Bonchev–Trinajstić information content (AvgIpc) is 2.70. The maximum Gasteiger partial charge on any atom is 0.224 e. The van der Waals surface area contributed by atoms with Crippen molar-refractivity contribution in [2.75, 3.05) is 17.2 Å². The van der Waals surface area contributed by atoms with Gasteiger partial charge in [-0.15, -0.1) is 0 Å². The molecule has 0 atom stereocenters. The second-order valence-electron chi connectivity index (χ2n) is 6.72. The van der Waals surface area contributed by atoms with Crippen molar-refractivity contribution in [1.82, 2.24) is 9.97 Å². The van der Waals surface area contributed by atoms with E-state index in [-0.39, 0.29) is 24.5 Å². The number of nitriles is 1. The Labute approximate surface area is 163 Å². The number of nitrogens with one attached hydrogen (secondary N) is 2. The number of halogens is 1. The summed E-state index contributed by atoms with van der Waals surface area (Å²) in [6, 6.07) is 6.93. The Balaban J connectivity index is 1.72. The summed E-state index contributed by atoms with van der Waals surface area (Å²) in [5, 5.41) is 25.3. The van der Waals surface area contributed by atoms with Crippen LogP contribution in [0.25, 0.3) is 0 Å². The van der Waals surface area contributed by atoms with Crippen molar-refractivity contribution in [2.45, 2.75) is 51.3 Å². The predicted octanol–water partition coefficient (Wildman–Crippen LogP) is 3.21. The van der Waals surface area contributed by atoms with Gasteiger partial charge in [0.05, 0.1) is 18.9 Å². The van der Waals surface area contributed by atoms with Gasteiger partial charge in [-0.2, -0.15) is 10.2 Å². The third-order valence-electron chi connectivity index (χ3n) is 4.75.